The zero-order valence-corrected chi connectivity index (χ0v) is 12.4. The van der Waals surface area contributed by atoms with Crippen LogP contribution in [0.15, 0.2) is 0 Å². The van der Waals surface area contributed by atoms with E-state index in [1.165, 1.54) is 0 Å². The Balaban J connectivity index is 2.67. The van der Waals surface area contributed by atoms with Gasteiger partial charge in [-0.05, 0) is 19.6 Å². The van der Waals surface area contributed by atoms with Crippen molar-refractivity contribution in [3.05, 3.63) is 11.3 Å². The lowest BCUT2D eigenvalue weighted by molar-refractivity contribution is 0.0949. The Morgan fingerprint density at radius 2 is 2.28 bits per heavy atom. The zero-order chi connectivity index (χ0) is 13.7. The van der Waals surface area contributed by atoms with Crippen LogP contribution in [0.3, 0.4) is 0 Å². The summed E-state index contributed by atoms with van der Waals surface area (Å²) < 4.78 is 6.78. The fourth-order valence-electron chi connectivity index (χ4n) is 1.73. The number of rotatable bonds is 6. The van der Waals surface area contributed by atoms with E-state index in [9.17, 15) is 4.79 Å². The zero-order valence-electron chi connectivity index (χ0n) is 11.6. The first-order valence-corrected chi connectivity index (χ1v) is 7.18. The average Bonchev–Trinajstić information content (AvgIpc) is 2.62. The Hall–Kier alpha value is -1.17. The SMILES string of the molecule is COc1c(C(=O)NCC[C@@H](C)SC)c(C)nn1C. The summed E-state index contributed by atoms with van der Waals surface area (Å²) in [7, 11) is 3.31. The number of nitrogens with one attached hydrogen (secondary N) is 1. The van der Waals surface area contributed by atoms with E-state index in [-0.39, 0.29) is 5.91 Å². The number of nitrogens with zero attached hydrogens (tertiary/aromatic N) is 2. The van der Waals surface area contributed by atoms with E-state index in [4.69, 9.17) is 4.74 Å². The third-order valence-electron chi connectivity index (χ3n) is 2.83. The predicted octanol–water partition coefficient (Wildman–Crippen LogP) is 1.61. The molecule has 0 aliphatic carbocycles. The van der Waals surface area contributed by atoms with E-state index in [1.54, 1.807) is 30.6 Å². The monoisotopic (exact) mass is 271 g/mol. The smallest absolute Gasteiger partial charge is 0.258 e. The Morgan fingerprint density at radius 1 is 1.61 bits per heavy atom. The molecule has 0 saturated heterocycles. The maximum atomic E-state index is 12.1. The van der Waals surface area contributed by atoms with Crippen molar-refractivity contribution in [1.82, 2.24) is 15.1 Å². The first-order valence-electron chi connectivity index (χ1n) is 5.89. The fourth-order valence-corrected chi connectivity index (χ4v) is 2.08. The molecule has 1 heterocycles. The standard InChI is InChI=1S/C12H21N3O2S/c1-8(18-5)6-7-13-11(16)10-9(2)14-15(3)12(10)17-4/h8H,6-7H2,1-5H3,(H,13,16)/t8-/m1/s1. The van der Waals surface area contributed by atoms with E-state index in [0.29, 0.717) is 28.9 Å². The molecule has 1 aromatic rings. The van der Waals surface area contributed by atoms with Crippen LogP contribution in [0.1, 0.15) is 29.4 Å². The van der Waals surface area contributed by atoms with Crippen molar-refractivity contribution < 1.29 is 9.53 Å². The second-order valence-corrected chi connectivity index (χ2v) is 5.46. The largest absolute Gasteiger partial charge is 0.481 e. The van der Waals surface area contributed by atoms with Gasteiger partial charge < -0.3 is 10.1 Å². The van der Waals surface area contributed by atoms with E-state index in [1.807, 2.05) is 6.92 Å². The molecule has 0 aromatic carbocycles. The van der Waals surface area contributed by atoms with E-state index >= 15 is 0 Å². The normalized spacial score (nSPS) is 12.3. The molecule has 6 heteroatoms. The van der Waals surface area contributed by atoms with Crippen LogP contribution in [-0.2, 0) is 7.05 Å². The summed E-state index contributed by atoms with van der Waals surface area (Å²) in [5.41, 5.74) is 1.21. The van der Waals surface area contributed by atoms with Crippen molar-refractivity contribution in [2.75, 3.05) is 19.9 Å². The molecule has 102 valence electrons. The van der Waals surface area contributed by atoms with Gasteiger partial charge in [0.2, 0.25) is 5.88 Å². The minimum Gasteiger partial charge on any atom is -0.481 e. The molecule has 0 aliphatic heterocycles. The molecule has 0 fully saturated rings. The molecule has 18 heavy (non-hydrogen) atoms. The van der Waals surface area contributed by atoms with Gasteiger partial charge >= 0.3 is 0 Å². The number of aromatic nitrogens is 2. The topological polar surface area (TPSA) is 56.1 Å². The molecular formula is C12H21N3O2S. The quantitative estimate of drug-likeness (QED) is 0.854. The summed E-state index contributed by atoms with van der Waals surface area (Å²) in [6.45, 7) is 4.62. The van der Waals surface area contributed by atoms with Crippen molar-refractivity contribution in [1.29, 1.82) is 0 Å². The van der Waals surface area contributed by atoms with Crippen molar-refractivity contribution in [3.63, 3.8) is 0 Å². The summed E-state index contributed by atoms with van der Waals surface area (Å²) in [6.07, 6.45) is 3.02. The van der Waals surface area contributed by atoms with E-state index in [2.05, 4.69) is 23.6 Å². The van der Waals surface area contributed by atoms with Crippen molar-refractivity contribution >= 4 is 17.7 Å². The molecule has 0 unspecified atom stereocenters. The Morgan fingerprint density at radius 3 is 2.83 bits per heavy atom. The Labute approximate surface area is 112 Å². The second kappa shape index (κ2) is 6.68. The van der Waals surface area contributed by atoms with Crippen molar-refractivity contribution in [2.45, 2.75) is 25.5 Å². The van der Waals surface area contributed by atoms with Gasteiger partial charge in [0.05, 0.1) is 12.8 Å². The van der Waals surface area contributed by atoms with Crippen molar-refractivity contribution in [2.24, 2.45) is 7.05 Å². The molecule has 1 aromatic heterocycles. The van der Waals surface area contributed by atoms with Crippen LogP contribution in [0.5, 0.6) is 5.88 Å². The fraction of sp³-hybridized carbons (Fsp3) is 0.667. The summed E-state index contributed by atoms with van der Waals surface area (Å²) in [4.78, 5) is 12.1. The molecule has 0 aliphatic rings. The molecular weight excluding hydrogens is 250 g/mol. The van der Waals surface area contributed by atoms with Crippen LogP contribution >= 0.6 is 11.8 Å². The van der Waals surface area contributed by atoms with E-state index in [0.717, 1.165) is 6.42 Å². The number of ether oxygens (including phenoxy) is 1. The number of thioether (sulfide) groups is 1. The number of hydrogen-bond donors (Lipinski definition) is 1. The van der Waals surface area contributed by atoms with Crippen LogP contribution in [0.2, 0.25) is 0 Å². The highest BCUT2D eigenvalue weighted by Gasteiger charge is 2.20. The number of methoxy groups -OCH3 is 1. The lowest BCUT2D eigenvalue weighted by atomic mass is 10.2. The molecule has 0 radical (unpaired) electrons. The van der Waals surface area contributed by atoms with Gasteiger partial charge in [-0.1, -0.05) is 6.92 Å². The minimum absolute atomic E-state index is 0.120. The lowest BCUT2D eigenvalue weighted by Crippen LogP contribution is -2.26. The van der Waals surface area contributed by atoms with Gasteiger partial charge in [0.1, 0.15) is 5.56 Å². The van der Waals surface area contributed by atoms with Gasteiger partial charge in [-0.15, -0.1) is 0 Å². The summed E-state index contributed by atoms with van der Waals surface area (Å²) in [6, 6.07) is 0. The van der Waals surface area contributed by atoms with E-state index < -0.39 is 0 Å². The van der Waals surface area contributed by atoms with Crippen LogP contribution in [0, 0.1) is 6.92 Å². The first kappa shape index (κ1) is 14.9. The number of aryl methyl sites for hydroxylation is 2. The summed E-state index contributed by atoms with van der Waals surface area (Å²) in [5.74, 6) is 0.383. The number of carbonyl (C=O) groups is 1. The van der Waals surface area contributed by atoms with Gasteiger partial charge in [0.25, 0.3) is 5.91 Å². The molecule has 1 rings (SSSR count). The maximum Gasteiger partial charge on any atom is 0.258 e. The molecule has 0 saturated carbocycles. The molecule has 0 spiro atoms. The number of amides is 1. The van der Waals surface area contributed by atoms with Gasteiger partial charge in [-0.2, -0.15) is 16.9 Å². The molecule has 1 atom stereocenters. The van der Waals surface area contributed by atoms with Gasteiger partial charge in [-0.3, -0.25) is 4.79 Å². The number of hydrogen-bond acceptors (Lipinski definition) is 4. The summed E-state index contributed by atoms with van der Waals surface area (Å²) >= 11 is 1.79. The van der Waals surface area contributed by atoms with Gasteiger partial charge in [-0.25, -0.2) is 4.68 Å². The molecule has 5 nitrogen and oxygen atoms in total. The van der Waals surface area contributed by atoms with Crippen LogP contribution in [-0.4, -0.2) is 40.8 Å². The van der Waals surface area contributed by atoms with Crippen LogP contribution in [0.25, 0.3) is 0 Å². The van der Waals surface area contributed by atoms with Crippen LogP contribution < -0.4 is 10.1 Å². The number of carbonyl (C=O) groups excluding carboxylic acids is 1. The van der Waals surface area contributed by atoms with Crippen molar-refractivity contribution in [3.8, 4) is 5.88 Å². The van der Waals surface area contributed by atoms with Gasteiger partial charge in [0.15, 0.2) is 0 Å². The summed E-state index contributed by atoms with van der Waals surface area (Å²) in [5, 5.41) is 7.64. The highest BCUT2D eigenvalue weighted by atomic mass is 32.2. The molecule has 1 N–H and O–H groups in total. The van der Waals surface area contributed by atoms with Gasteiger partial charge in [0, 0.05) is 18.8 Å². The third-order valence-corrected chi connectivity index (χ3v) is 3.87. The molecule has 1 amide bonds. The predicted molar refractivity (Wildman–Crippen MR) is 74.4 cm³/mol. The Bertz CT molecular complexity index is 418. The molecule has 0 bridgehead atoms. The second-order valence-electron chi connectivity index (χ2n) is 4.18. The highest BCUT2D eigenvalue weighted by molar-refractivity contribution is 7.99. The minimum atomic E-state index is -0.120. The lowest BCUT2D eigenvalue weighted by Gasteiger charge is -2.09. The third kappa shape index (κ3) is 3.41. The van der Waals surface area contributed by atoms with Crippen LogP contribution in [0.4, 0.5) is 0 Å². The highest BCUT2D eigenvalue weighted by Crippen LogP contribution is 2.20. The average molecular weight is 271 g/mol. The first-order chi connectivity index (χ1) is 8.51. The Kier molecular flexibility index (Phi) is 5.53. The maximum absolute atomic E-state index is 12.1.